The minimum absolute atomic E-state index is 0.200. The highest BCUT2D eigenvalue weighted by Gasteiger charge is 2.20. The van der Waals surface area contributed by atoms with Gasteiger partial charge in [-0.25, -0.2) is 0 Å². The lowest BCUT2D eigenvalue weighted by molar-refractivity contribution is -0.133. The zero-order chi connectivity index (χ0) is 8.39. The number of aromatic amines is 1. The summed E-state index contributed by atoms with van der Waals surface area (Å²) >= 11 is 0. The van der Waals surface area contributed by atoms with Gasteiger partial charge in [-0.05, 0) is 12.5 Å². The van der Waals surface area contributed by atoms with Gasteiger partial charge in [0.25, 0.3) is 0 Å². The Morgan fingerprint density at radius 3 is 3.00 bits per heavy atom. The van der Waals surface area contributed by atoms with Crippen LogP contribution in [0.4, 0.5) is 0 Å². The molecule has 1 aromatic heterocycles. The minimum Gasteiger partial charge on any atom is -0.342 e. The number of nitrogens with one attached hydrogen (secondary N) is 1. The Hall–Kier alpha value is -1.32. The van der Waals surface area contributed by atoms with Crippen molar-refractivity contribution < 1.29 is 4.79 Å². The average molecular weight is 165 g/mol. The van der Waals surface area contributed by atoms with Crippen LogP contribution in [0.25, 0.3) is 0 Å². The lowest BCUT2D eigenvalue weighted by atomic mass is 10.2. The normalized spacial score (nSPS) is 15.8. The van der Waals surface area contributed by atoms with Crippen molar-refractivity contribution >= 4 is 5.91 Å². The number of rotatable bonds is 2. The molecule has 0 aromatic carbocycles. The molecule has 1 aliphatic rings. The van der Waals surface area contributed by atoms with Crippen molar-refractivity contribution in [3.05, 3.63) is 18.0 Å². The van der Waals surface area contributed by atoms with Gasteiger partial charge in [-0.1, -0.05) is 0 Å². The monoisotopic (exact) mass is 165 g/mol. The van der Waals surface area contributed by atoms with Crippen LogP contribution >= 0.6 is 0 Å². The molecule has 64 valence electrons. The van der Waals surface area contributed by atoms with Gasteiger partial charge in [-0.15, -0.1) is 0 Å². The highest BCUT2D eigenvalue weighted by atomic mass is 16.2. The predicted octanol–water partition coefficient (Wildman–Crippen LogP) is 0.184. The van der Waals surface area contributed by atoms with E-state index in [1.165, 1.54) is 0 Å². The summed E-state index contributed by atoms with van der Waals surface area (Å²) in [6.07, 6.45) is 3.27. The Morgan fingerprint density at radius 2 is 2.50 bits per heavy atom. The standard InChI is InChI=1S/C8H11N3O/c12-8(11-4-1-5-11)6-7-2-3-9-10-7/h2-3H,1,4-6H2,(H,9,10). The van der Waals surface area contributed by atoms with Crippen LogP contribution in [0, 0.1) is 0 Å². The SMILES string of the molecule is O=C(Cc1ccn[nH]1)N1CCC1. The van der Waals surface area contributed by atoms with E-state index in [0.717, 1.165) is 25.2 Å². The highest BCUT2D eigenvalue weighted by molar-refractivity contribution is 5.78. The number of carbonyl (C=O) groups excluding carboxylic acids is 1. The number of H-pyrrole nitrogens is 1. The summed E-state index contributed by atoms with van der Waals surface area (Å²) in [4.78, 5) is 13.2. The van der Waals surface area contributed by atoms with Crippen LogP contribution in [0.15, 0.2) is 12.3 Å². The Morgan fingerprint density at radius 1 is 1.67 bits per heavy atom. The molecule has 0 aliphatic carbocycles. The summed E-state index contributed by atoms with van der Waals surface area (Å²) in [7, 11) is 0. The Balaban J connectivity index is 1.90. The van der Waals surface area contributed by atoms with E-state index in [4.69, 9.17) is 0 Å². The van der Waals surface area contributed by atoms with Crippen molar-refractivity contribution in [2.24, 2.45) is 0 Å². The second-order valence-electron chi connectivity index (χ2n) is 2.99. The second kappa shape index (κ2) is 2.97. The van der Waals surface area contributed by atoms with Crippen LogP contribution in [-0.2, 0) is 11.2 Å². The smallest absolute Gasteiger partial charge is 0.228 e. The molecule has 4 heteroatoms. The van der Waals surface area contributed by atoms with E-state index >= 15 is 0 Å². The van der Waals surface area contributed by atoms with Gasteiger partial charge in [-0.3, -0.25) is 9.89 Å². The molecule has 1 amide bonds. The first-order valence-corrected chi connectivity index (χ1v) is 4.12. The molecule has 2 heterocycles. The number of hydrogen-bond donors (Lipinski definition) is 1. The van der Waals surface area contributed by atoms with Gasteiger partial charge in [0.2, 0.25) is 5.91 Å². The van der Waals surface area contributed by atoms with Crippen molar-refractivity contribution in [1.29, 1.82) is 0 Å². The van der Waals surface area contributed by atoms with Gasteiger partial charge in [0, 0.05) is 25.0 Å². The van der Waals surface area contributed by atoms with Crippen molar-refractivity contribution in [3.8, 4) is 0 Å². The number of carbonyl (C=O) groups is 1. The summed E-state index contributed by atoms with van der Waals surface area (Å²) < 4.78 is 0. The molecule has 0 bridgehead atoms. The first-order valence-electron chi connectivity index (χ1n) is 4.12. The third kappa shape index (κ3) is 1.32. The lowest BCUT2D eigenvalue weighted by Crippen LogP contribution is -2.42. The topological polar surface area (TPSA) is 49.0 Å². The summed E-state index contributed by atoms with van der Waals surface area (Å²) in [5.41, 5.74) is 0.895. The van der Waals surface area contributed by atoms with Crippen LogP contribution in [0.3, 0.4) is 0 Å². The molecule has 0 atom stereocenters. The fourth-order valence-electron chi connectivity index (χ4n) is 1.22. The molecule has 1 N–H and O–H groups in total. The van der Waals surface area contributed by atoms with E-state index in [-0.39, 0.29) is 5.91 Å². The quantitative estimate of drug-likeness (QED) is 0.679. The average Bonchev–Trinajstić information content (AvgIpc) is 2.34. The maximum atomic E-state index is 11.4. The molecule has 0 saturated carbocycles. The van der Waals surface area contributed by atoms with Crippen molar-refractivity contribution in [2.45, 2.75) is 12.8 Å². The van der Waals surface area contributed by atoms with Gasteiger partial charge in [0.05, 0.1) is 6.42 Å². The number of hydrogen-bond acceptors (Lipinski definition) is 2. The van der Waals surface area contributed by atoms with E-state index in [1.807, 2.05) is 11.0 Å². The summed E-state index contributed by atoms with van der Waals surface area (Å²) in [5.74, 6) is 0.200. The van der Waals surface area contributed by atoms with Gasteiger partial charge in [0.15, 0.2) is 0 Å². The zero-order valence-corrected chi connectivity index (χ0v) is 6.79. The molecular weight excluding hydrogens is 154 g/mol. The predicted molar refractivity (Wildman–Crippen MR) is 43.5 cm³/mol. The Labute approximate surface area is 70.6 Å². The molecular formula is C8H11N3O. The molecule has 0 spiro atoms. The third-order valence-electron chi connectivity index (χ3n) is 2.11. The summed E-state index contributed by atoms with van der Waals surface area (Å²) in [5, 5.41) is 6.56. The molecule has 2 rings (SSSR count). The lowest BCUT2D eigenvalue weighted by Gasteiger charge is -2.30. The van der Waals surface area contributed by atoms with Crippen LogP contribution in [0.5, 0.6) is 0 Å². The van der Waals surface area contributed by atoms with Gasteiger partial charge < -0.3 is 4.90 Å². The van der Waals surface area contributed by atoms with Crippen molar-refractivity contribution in [3.63, 3.8) is 0 Å². The van der Waals surface area contributed by atoms with Crippen molar-refractivity contribution in [2.75, 3.05) is 13.1 Å². The van der Waals surface area contributed by atoms with E-state index in [2.05, 4.69) is 10.2 Å². The first-order chi connectivity index (χ1) is 5.86. The van der Waals surface area contributed by atoms with Crippen LogP contribution in [0.2, 0.25) is 0 Å². The molecule has 12 heavy (non-hydrogen) atoms. The van der Waals surface area contributed by atoms with Crippen LogP contribution in [-0.4, -0.2) is 34.1 Å². The summed E-state index contributed by atoms with van der Waals surface area (Å²) in [6, 6.07) is 1.83. The maximum Gasteiger partial charge on any atom is 0.228 e. The fraction of sp³-hybridized carbons (Fsp3) is 0.500. The van der Waals surface area contributed by atoms with Gasteiger partial charge >= 0.3 is 0 Å². The molecule has 1 saturated heterocycles. The molecule has 1 fully saturated rings. The molecule has 4 nitrogen and oxygen atoms in total. The largest absolute Gasteiger partial charge is 0.342 e. The van der Waals surface area contributed by atoms with Gasteiger partial charge in [-0.2, -0.15) is 5.10 Å². The number of aromatic nitrogens is 2. The number of nitrogens with zero attached hydrogens (tertiary/aromatic N) is 2. The first kappa shape index (κ1) is 7.34. The van der Waals surface area contributed by atoms with Crippen LogP contribution < -0.4 is 0 Å². The Bertz CT molecular complexity index is 264. The van der Waals surface area contributed by atoms with E-state index < -0.39 is 0 Å². The maximum absolute atomic E-state index is 11.4. The number of likely N-dealkylation sites (tertiary alicyclic amines) is 1. The van der Waals surface area contributed by atoms with Crippen LogP contribution in [0.1, 0.15) is 12.1 Å². The minimum atomic E-state index is 0.200. The van der Waals surface area contributed by atoms with E-state index in [0.29, 0.717) is 6.42 Å². The molecule has 1 aliphatic heterocycles. The van der Waals surface area contributed by atoms with E-state index in [1.54, 1.807) is 6.20 Å². The third-order valence-corrected chi connectivity index (χ3v) is 2.11. The zero-order valence-electron chi connectivity index (χ0n) is 6.79. The molecule has 0 unspecified atom stereocenters. The fourth-order valence-corrected chi connectivity index (χ4v) is 1.22. The molecule has 0 radical (unpaired) electrons. The van der Waals surface area contributed by atoms with E-state index in [9.17, 15) is 4.79 Å². The van der Waals surface area contributed by atoms with Gasteiger partial charge in [0.1, 0.15) is 0 Å². The summed E-state index contributed by atoms with van der Waals surface area (Å²) in [6.45, 7) is 1.85. The highest BCUT2D eigenvalue weighted by Crippen LogP contribution is 2.08. The van der Waals surface area contributed by atoms with Crippen molar-refractivity contribution in [1.82, 2.24) is 15.1 Å². The Kier molecular flexibility index (Phi) is 1.81. The molecule has 1 aromatic rings. The number of amides is 1. The second-order valence-corrected chi connectivity index (χ2v) is 2.99.